The van der Waals surface area contributed by atoms with E-state index in [4.69, 9.17) is 4.42 Å². The SMILES string of the molecule is C=C/C=C(\C=C)c1ccc2oc(-c3ccc(CNC(=O)/C(C=C)=C/N=C)cc3)nc2c1. The number of benzene rings is 2. The standard InChI is InChI=1S/C26H23N3O2/c1-5-8-19(6-2)22-13-14-24-23(15-22)29-26(31-24)21-11-9-18(10-12-21)16-28-25(30)20(7-3)17-27-4/h5-15,17H,1-4,16H2,(H,28,30)/b19-8+,20-17+. The first kappa shape index (κ1) is 21.5. The monoisotopic (exact) mass is 409 g/mol. The van der Waals surface area contributed by atoms with Gasteiger partial charge in [-0.25, -0.2) is 4.98 Å². The van der Waals surface area contributed by atoms with Gasteiger partial charge in [0.15, 0.2) is 5.58 Å². The number of carbonyl (C=O) groups is 1. The number of oxazole rings is 1. The number of hydrogen-bond acceptors (Lipinski definition) is 4. The zero-order valence-electron chi connectivity index (χ0n) is 17.2. The van der Waals surface area contributed by atoms with Crippen molar-refractivity contribution in [2.75, 3.05) is 0 Å². The average Bonchev–Trinajstić information content (AvgIpc) is 3.23. The van der Waals surface area contributed by atoms with Gasteiger partial charge in [0.2, 0.25) is 5.89 Å². The summed E-state index contributed by atoms with van der Waals surface area (Å²) in [4.78, 5) is 20.3. The summed E-state index contributed by atoms with van der Waals surface area (Å²) >= 11 is 0. The van der Waals surface area contributed by atoms with Gasteiger partial charge in [0.25, 0.3) is 5.91 Å². The molecule has 1 N–H and O–H groups in total. The van der Waals surface area contributed by atoms with Gasteiger partial charge < -0.3 is 9.73 Å². The topological polar surface area (TPSA) is 67.5 Å². The fourth-order valence-corrected chi connectivity index (χ4v) is 2.99. The van der Waals surface area contributed by atoms with Crippen LogP contribution in [0.4, 0.5) is 0 Å². The molecule has 0 unspecified atom stereocenters. The minimum absolute atomic E-state index is 0.259. The minimum atomic E-state index is -0.259. The van der Waals surface area contributed by atoms with Crippen LogP contribution in [0.5, 0.6) is 0 Å². The van der Waals surface area contributed by atoms with Crippen molar-refractivity contribution >= 4 is 29.3 Å². The lowest BCUT2D eigenvalue weighted by atomic mass is 10.1. The smallest absolute Gasteiger partial charge is 0.253 e. The summed E-state index contributed by atoms with van der Waals surface area (Å²) in [5.74, 6) is 0.273. The lowest BCUT2D eigenvalue weighted by Crippen LogP contribution is -2.23. The van der Waals surface area contributed by atoms with Gasteiger partial charge in [-0.15, -0.1) is 0 Å². The molecule has 3 aromatic rings. The van der Waals surface area contributed by atoms with E-state index in [0.29, 0.717) is 23.6 Å². The molecule has 0 aliphatic rings. The maximum absolute atomic E-state index is 12.1. The average molecular weight is 409 g/mol. The van der Waals surface area contributed by atoms with Gasteiger partial charge in [-0.05, 0) is 47.7 Å². The van der Waals surface area contributed by atoms with Crippen molar-refractivity contribution in [1.29, 1.82) is 0 Å². The highest BCUT2D eigenvalue weighted by molar-refractivity contribution is 5.96. The molecule has 0 saturated carbocycles. The number of nitrogens with one attached hydrogen (secondary N) is 1. The molecule has 0 atom stereocenters. The Morgan fingerprint density at radius 2 is 1.87 bits per heavy atom. The van der Waals surface area contributed by atoms with Crippen LogP contribution in [0.25, 0.3) is 28.1 Å². The number of fused-ring (bicyclic) bond motifs is 1. The Morgan fingerprint density at radius 3 is 2.52 bits per heavy atom. The first-order valence-electron chi connectivity index (χ1n) is 9.61. The highest BCUT2D eigenvalue weighted by Crippen LogP contribution is 2.27. The van der Waals surface area contributed by atoms with Crippen molar-refractivity contribution in [3.05, 3.63) is 109 Å². The lowest BCUT2D eigenvalue weighted by molar-refractivity contribution is -0.117. The number of hydrogen-bond donors (Lipinski definition) is 1. The minimum Gasteiger partial charge on any atom is -0.436 e. The molecular formula is C26H23N3O2. The zero-order valence-corrected chi connectivity index (χ0v) is 17.2. The van der Waals surface area contributed by atoms with Gasteiger partial charge >= 0.3 is 0 Å². The number of rotatable bonds is 9. The van der Waals surface area contributed by atoms with Crippen LogP contribution in [-0.4, -0.2) is 17.6 Å². The second kappa shape index (κ2) is 9.98. The van der Waals surface area contributed by atoms with Crippen LogP contribution in [0.2, 0.25) is 0 Å². The molecule has 2 aromatic carbocycles. The molecule has 31 heavy (non-hydrogen) atoms. The maximum Gasteiger partial charge on any atom is 0.253 e. The summed E-state index contributed by atoms with van der Waals surface area (Å²) < 4.78 is 5.91. The van der Waals surface area contributed by atoms with E-state index in [1.807, 2.05) is 48.5 Å². The Balaban J connectivity index is 1.77. The highest BCUT2D eigenvalue weighted by atomic mass is 16.3. The van der Waals surface area contributed by atoms with Crippen LogP contribution in [-0.2, 0) is 11.3 Å². The Labute approximate surface area is 181 Å². The predicted octanol–water partition coefficient (Wildman–Crippen LogP) is 5.64. The predicted molar refractivity (Wildman–Crippen MR) is 127 cm³/mol. The summed E-state index contributed by atoms with van der Waals surface area (Å²) in [6.45, 7) is 14.9. The van der Waals surface area contributed by atoms with E-state index in [9.17, 15) is 4.79 Å². The molecule has 3 rings (SSSR count). The Morgan fingerprint density at radius 1 is 1.10 bits per heavy atom. The van der Waals surface area contributed by atoms with Gasteiger partial charge in [-0.3, -0.25) is 9.79 Å². The number of allylic oxidation sites excluding steroid dienone is 4. The van der Waals surface area contributed by atoms with Crippen molar-refractivity contribution in [2.24, 2.45) is 4.99 Å². The summed E-state index contributed by atoms with van der Waals surface area (Å²) in [5, 5.41) is 2.82. The fourth-order valence-electron chi connectivity index (χ4n) is 2.99. The van der Waals surface area contributed by atoms with Crippen molar-refractivity contribution in [3.63, 3.8) is 0 Å². The number of nitrogens with zero attached hydrogens (tertiary/aromatic N) is 2. The largest absolute Gasteiger partial charge is 0.436 e. The molecule has 0 aliphatic carbocycles. The second-order valence-electron chi connectivity index (χ2n) is 6.61. The van der Waals surface area contributed by atoms with Crippen LogP contribution >= 0.6 is 0 Å². The van der Waals surface area contributed by atoms with Crippen LogP contribution in [0.15, 0.2) is 108 Å². The number of amides is 1. The molecule has 0 spiro atoms. The van der Waals surface area contributed by atoms with Crippen molar-refractivity contribution < 1.29 is 9.21 Å². The first-order chi connectivity index (χ1) is 15.1. The quantitative estimate of drug-likeness (QED) is 0.283. The van der Waals surface area contributed by atoms with E-state index in [2.05, 4.69) is 41.7 Å². The molecule has 0 radical (unpaired) electrons. The molecule has 5 nitrogen and oxygen atoms in total. The number of carbonyl (C=O) groups excluding carboxylic acids is 1. The second-order valence-corrected chi connectivity index (χ2v) is 6.61. The fraction of sp³-hybridized carbons (Fsp3) is 0.0385. The van der Waals surface area contributed by atoms with E-state index in [0.717, 1.165) is 27.8 Å². The highest BCUT2D eigenvalue weighted by Gasteiger charge is 2.10. The molecule has 0 saturated heterocycles. The normalized spacial score (nSPS) is 11.7. The molecule has 1 heterocycles. The van der Waals surface area contributed by atoms with Gasteiger partial charge in [0.1, 0.15) is 5.52 Å². The molecule has 0 aliphatic heterocycles. The van der Waals surface area contributed by atoms with E-state index < -0.39 is 0 Å². The molecule has 154 valence electrons. The third-order valence-corrected chi connectivity index (χ3v) is 4.60. The Bertz CT molecular complexity index is 1210. The molecule has 0 bridgehead atoms. The third kappa shape index (κ3) is 5.03. The molecule has 0 fully saturated rings. The summed E-state index contributed by atoms with van der Waals surface area (Å²) in [5.41, 5.74) is 5.58. The van der Waals surface area contributed by atoms with Crippen LogP contribution < -0.4 is 5.32 Å². The van der Waals surface area contributed by atoms with Crippen LogP contribution in [0, 0.1) is 0 Å². The maximum atomic E-state index is 12.1. The van der Waals surface area contributed by atoms with Crippen LogP contribution in [0.1, 0.15) is 11.1 Å². The van der Waals surface area contributed by atoms with Gasteiger partial charge in [0.05, 0.1) is 5.57 Å². The molecule has 1 amide bonds. The van der Waals surface area contributed by atoms with Crippen LogP contribution in [0.3, 0.4) is 0 Å². The van der Waals surface area contributed by atoms with E-state index >= 15 is 0 Å². The zero-order chi connectivity index (χ0) is 22.2. The summed E-state index contributed by atoms with van der Waals surface area (Å²) in [6, 6.07) is 13.5. The van der Waals surface area contributed by atoms with Crippen molar-refractivity contribution in [2.45, 2.75) is 6.54 Å². The lowest BCUT2D eigenvalue weighted by Gasteiger charge is -2.06. The third-order valence-electron chi connectivity index (χ3n) is 4.60. The molecule has 1 aromatic heterocycles. The number of aromatic nitrogens is 1. The van der Waals surface area contributed by atoms with Crippen molar-refractivity contribution in [1.82, 2.24) is 10.3 Å². The van der Waals surface area contributed by atoms with Gasteiger partial charge in [-0.2, -0.15) is 0 Å². The van der Waals surface area contributed by atoms with Gasteiger partial charge in [0, 0.05) is 18.3 Å². The van der Waals surface area contributed by atoms with E-state index in [-0.39, 0.29) is 5.91 Å². The van der Waals surface area contributed by atoms with Gasteiger partial charge in [-0.1, -0.05) is 62.2 Å². The van der Waals surface area contributed by atoms with E-state index in [1.54, 1.807) is 12.2 Å². The van der Waals surface area contributed by atoms with E-state index in [1.165, 1.54) is 12.3 Å². The Hall–Kier alpha value is -4.25. The molecule has 5 heteroatoms. The first-order valence-corrected chi connectivity index (χ1v) is 9.61. The Kier molecular flexibility index (Phi) is 6.91. The summed E-state index contributed by atoms with van der Waals surface area (Å²) in [6.07, 6.45) is 8.22. The summed E-state index contributed by atoms with van der Waals surface area (Å²) in [7, 11) is 0. The van der Waals surface area contributed by atoms with Crippen molar-refractivity contribution in [3.8, 4) is 11.5 Å². The number of aliphatic imine (C=N–C) groups is 1. The molecular weight excluding hydrogens is 386 g/mol.